The van der Waals surface area contributed by atoms with E-state index in [1.807, 2.05) is 48.9 Å². The topological polar surface area (TPSA) is 37.8 Å². The fraction of sp³-hybridized carbons (Fsp3) is 0.286. The van der Waals surface area contributed by atoms with E-state index in [1.54, 1.807) is 0 Å². The highest BCUT2D eigenvalue weighted by Gasteiger charge is 2.11. The highest BCUT2D eigenvalue weighted by molar-refractivity contribution is 5.15. The van der Waals surface area contributed by atoms with Gasteiger partial charge in [-0.3, -0.25) is 9.97 Å². The first-order valence-corrected chi connectivity index (χ1v) is 5.84. The molecular formula is C14H17N3. The van der Waals surface area contributed by atoms with Crippen molar-refractivity contribution >= 4 is 0 Å². The zero-order chi connectivity index (χ0) is 12.1. The molecule has 1 N–H and O–H groups in total. The molecule has 1 unspecified atom stereocenters. The van der Waals surface area contributed by atoms with Crippen LogP contribution in [0.5, 0.6) is 0 Å². The Morgan fingerprint density at radius 3 is 2.35 bits per heavy atom. The van der Waals surface area contributed by atoms with Crippen LogP contribution >= 0.6 is 0 Å². The van der Waals surface area contributed by atoms with Crippen molar-refractivity contribution in [2.45, 2.75) is 25.9 Å². The van der Waals surface area contributed by atoms with Gasteiger partial charge in [-0.15, -0.1) is 0 Å². The lowest BCUT2D eigenvalue weighted by molar-refractivity contribution is 0.486. The van der Waals surface area contributed by atoms with Crippen molar-refractivity contribution < 1.29 is 0 Å². The Morgan fingerprint density at radius 2 is 1.71 bits per heavy atom. The highest BCUT2D eigenvalue weighted by atomic mass is 15.0. The molecule has 2 heterocycles. The second-order valence-electron chi connectivity index (χ2n) is 4.15. The molecule has 2 atom stereocenters. The minimum absolute atomic E-state index is 0.236. The van der Waals surface area contributed by atoms with Crippen molar-refractivity contribution in [1.82, 2.24) is 15.3 Å². The van der Waals surface area contributed by atoms with E-state index < -0.39 is 0 Å². The van der Waals surface area contributed by atoms with Crippen LogP contribution in [0.2, 0.25) is 0 Å². The third kappa shape index (κ3) is 3.11. The molecule has 0 bridgehead atoms. The Hall–Kier alpha value is -1.74. The summed E-state index contributed by atoms with van der Waals surface area (Å²) in [6.07, 6.45) is 5.46. The van der Waals surface area contributed by atoms with Gasteiger partial charge in [0, 0.05) is 30.7 Å². The molecule has 0 aliphatic heterocycles. The highest BCUT2D eigenvalue weighted by Crippen LogP contribution is 2.16. The number of hydrogen-bond acceptors (Lipinski definition) is 3. The molecule has 88 valence electrons. The smallest absolute Gasteiger partial charge is 0.0570 e. The summed E-state index contributed by atoms with van der Waals surface area (Å²) in [4.78, 5) is 8.38. The lowest BCUT2D eigenvalue weighted by Gasteiger charge is -2.19. The minimum atomic E-state index is 0.236. The Labute approximate surface area is 102 Å². The molecular weight excluding hydrogens is 210 g/mol. The van der Waals surface area contributed by atoms with Crippen molar-refractivity contribution in [3.05, 3.63) is 60.2 Å². The van der Waals surface area contributed by atoms with Crippen molar-refractivity contribution in [2.24, 2.45) is 0 Å². The van der Waals surface area contributed by atoms with E-state index in [4.69, 9.17) is 0 Å². The summed E-state index contributed by atoms with van der Waals surface area (Å²) < 4.78 is 0. The van der Waals surface area contributed by atoms with Crippen molar-refractivity contribution in [2.75, 3.05) is 0 Å². The van der Waals surface area contributed by atoms with E-state index in [2.05, 4.69) is 29.1 Å². The maximum Gasteiger partial charge on any atom is 0.0570 e. The number of aromatic nitrogens is 2. The lowest BCUT2D eigenvalue weighted by atomic mass is 10.1. The second kappa shape index (κ2) is 5.55. The molecule has 0 spiro atoms. The SMILES string of the molecule is CC(N[C@H](C)c1ccccn1)c1ccncc1. The Morgan fingerprint density at radius 1 is 0.941 bits per heavy atom. The molecule has 2 aromatic heterocycles. The fourth-order valence-electron chi connectivity index (χ4n) is 1.84. The van der Waals surface area contributed by atoms with E-state index in [0.29, 0.717) is 0 Å². The van der Waals surface area contributed by atoms with Gasteiger partial charge in [0.1, 0.15) is 0 Å². The van der Waals surface area contributed by atoms with E-state index in [-0.39, 0.29) is 12.1 Å². The average molecular weight is 227 g/mol. The predicted octanol–water partition coefficient (Wildman–Crippen LogP) is 2.89. The number of pyridine rings is 2. The van der Waals surface area contributed by atoms with Crippen LogP contribution in [0.1, 0.15) is 37.2 Å². The quantitative estimate of drug-likeness (QED) is 0.872. The van der Waals surface area contributed by atoms with Crippen LogP contribution in [0, 0.1) is 0 Å². The number of rotatable bonds is 4. The number of nitrogens with one attached hydrogen (secondary N) is 1. The van der Waals surface area contributed by atoms with Crippen molar-refractivity contribution in [1.29, 1.82) is 0 Å². The standard InChI is InChI=1S/C14H17N3/c1-11(13-6-9-15-10-7-13)17-12(2)14-5-3-4-8-16-14/h3-12,17H,1-2H3/t11?,12-/m1/s1. The molecule has 0 aliphatic carbocycles. The van der Waals surface area contributed by atoms with Gasteiger partial charge < -0.3 is 5.32 Å². The normalized spacial score (nSPS) is 14.2. The third-order valence-corrected chi connectivity index (χ3v) is 2.84. The maximum atomic E-state index is 4.35. The Bertz CT molecular complexity index is 398. The molecule has 3 nitrogen and oxygen atoms in total. The van der Waals surface area contributed by atoms with Gasteiger partial charge in [0.15, 0.2) is 0 Å². The predicted molar refractivity (Wildman–Crippen MR) is 68.4 cm³/mol. The molecule has 0 fully saturated rings. The van der Waals surface area contributed by atoms with Crippen LogP contribution in [0.15, 0.2) is 48.9 Å². The van der Waals surface area contributed by atoms with Crippen LogP contribution in [0.25, 0.3) is 0 Å². The van der Waals surface area contributed by atoms with Crippen LogP contribution in [-0.4, -0.2) is 9.97 Å². The minimum Gasteiger partial charge on any atom is -0.302 e. The van der Waals surface area contributed by atoms with Gasteiger partial charge in [0.05, 0.1) is 5.69 Å². The average Bonchev–Trinajstić information content (AvgIpc) is 2.40. The van der Waals surface area contributed by atoms with Gasteiger partial charge in [-0.05, 0) is 43.7 Å². The summed E-state index contributed by atoms with van der Waals surface area (Å²) in [5, 5.41) is 3.52. The maximum absolute atomic E-state index is 4.35. The summed E-state index contributed by atoms with van der Waals surface area (Å²) >= 11 is 0. The lowest BCUT2D eigenvalue weighted by Crippen LogP contribution is -2.23. The van der Waals surface area contributed by atoms with Crippen molar-refractivity contribution in [3.8, 4) is 0 Å². The molecule has 2 rings (SSSR count). The largest absolute Gasteiger partial charge is 0.302 e. The van der Waals surface area contributed by atoms with Crippen LogP contribution in [0.4, 0.5) is 0 Å². The summed E-state index contributed by atoms with van der Waals surface area (Å²) in [5.74, 6) is 0. The summed E-state index contributed by atoms with van der Waals surface area (Å²) in [6, 6.07) is 10.6. The van der Waals surface area contributed by atoms with Gasteiger partial charge in [-0.2, -0.15) is 0 Å². The first-order chi connectivity index (χ1) is 8.27. The zero-order valence-electron chi connectivity index (χ0n) is 10.2. The molecule has 0 aromatic carbocycles. The van der Waals surface area contributed by atoms with Crippen molar-refractivity contribution in [3.63, 3.8) is 0 Å². The van der Waals surface area contributed by atoms with Gasteiger partial charge in [-0.25, -0.2) is 0 Å². The van der Waals surface area contributed by atoms with Gasteiger partial charge >= 0.3 is 0 Å². The van der Waals surface area contributed by atoms with Gasteiger partial charge in [-0.1, -0.05) is 6.07 Å². The number of nitrogens with zero attached hydrogens (tertiary/aromatic N) is 2. The molecule has 3 heteroatoms. The van der Waals surface area contributed by atoms with Gasteiger partial charge in [0.25, 0.3) is 0 Å². The van der Waals surface area contributed by atoms with Crippen LogP contribution in [0.3, 0.4) is 0 Å². The molecule has 0 saturated carbocycles. The summed E-state index contributed by atoms with van der Waals surface area (Å²) in [7, 11) is 0. The van der Waals surface area contributed by atoms with Crippen LogP contribution in [-0.2, 0) is 0 Å². The first-order valence-electron chi connectivity index (χ1n) is 5.84. The molecule has 0 aliphatic rings. The fourth-order valence-corrected chi connectivity index (χ4v) is 1.84. The molecule has 0 saturated heterocycles. The molecule has 0 radical (unpaired) electrons. The van der Waals surface area contributed by atoms with E-state index in [0.717, 1.165) is 5.69 Å². The molecule has 2 aromatic rings. The Kier molecular flexibility index (Phi) is 3.83. The Balaban J connectivity index is 2.02. The monoisotopic (exact) mass is 227 g/mol. The second-order valence-corrected chi connectivity index (χ2v) is 4.15. The molecule has 0 amide bonds. The van der Waals surface area contributed by atoms with E-state index >= 15 is 0 Å². The van der Waals surface area contributed by atoms with E-state index in [1.165, 1.54) is 5.56 Å². The summed E-state index contributed by atoms with van der Waals surface area (Å²) in [6.45, 7) is 4.27. The van der Waals surface area contributed by atoms with Crippen LogP contribution < -0.4 is 5.32 Å². The zero-order valence-corrected chi connectivity index (χ0v) is 10.2. The number of hydrogen-bond donors (Lipinski definition) is 1. The van der Waals surface area contributed by atoms with E-state index in [9.17, 15) is 0 Å². The third-order valence-electron chi connectivity index (χ3n) is 2.84. The molecule has 17 heavy (non-hydrogen) atoms. The first kappa shape index (κ1) is 11.7. The summed E-state index contributed by atoms with van der Waals surface area (Å²) in [5.41, 5.74) is 2.30. The van der Waals surface area contributed by atoms with Gasteiger partial charge in [0.2, 0.25) is 0 Å².